The highest BCUT2D eigenvalue weighted by molar-refractivity contribution is 6.48. The molecule has 0 aliphatic carbocycles. The van der Waals surface area contributed by atoms with Gasteiger partial charge in [0.25, 0.3) is 0 Å². The molecule has 0 heterocycles. The molecule has 0 fully saturated rings. The van der Waals surface area contributed by atoms with Gasteiger partial charge in [-0.05, 0) is 54.6 Å². The maximum absolute atomic E-state index is 13.6. The average Bonchev–Trinajstić information content (AvgIpc) is 2.63. The van der Waals surface area contributed by atoms with E-state index in [1.807, 2.05) is 6.92 Å². The number of nitrogens with zero attached hydrogens (tertiary/aromatic N) is 3. The Hall–Kier alpha value is -2.02. The molecule has 0 radical (unpaired) electrons. The van der Waals surface area contributed by atoms with Crippen molar-refractivity contribution in [2.75, 3.05) is 12.1 Å². The summed E-state index contributed by atoms with van der Waals surface area (Å²) in [5.41, 5.74) is 2.13. The van der Waals surface area contributed by atoms with Crippen molar-refractivity contribution >= 4 is 59.6 Å². The summed E-state index contributed by atoms with van der Waals surface area (Å²) >= 11 is 17.6. The number of hydrogen-bond donors (Lipinski definition) is 0. The average molecular weight is 463 g/mol. The summed E-state index contributed by atoms with van der Waals surface area (Å²) in [6, 6.07) is 7.56. The Labute approximate surface area is 182 Å². The van der Waals surface area contributed by atoms with E-state index < -0.39 is 12.1 Å². The molecule has 0 N–H and O–H groups in total. The van der Waals surface area contributed by atoms with E-state index in [2.05, 4.69) is 16.8 Å². The van der Waals surface area contributed by atoms with Crippen molar-refractivity contribution in [2.24, 2.45) is 10.1 Å². The smallest absolute Gasteiger partial charge is 0.267 e. The number of benzene rings is 2. The lowest BCUT2D eigenvalue weighted by molar-refractivity contribution is -0.139. The predicted molar refractivity (Wildman–Crippen MR) is 117 cm³/mol. The zero-order valence-corrected chi connectivity index (χ0v) is 17.8. The van der Waals surface area contributed by atoms with E-state index in [4.69, 9.17) is 34.8 Å². The summed E-state index contributed by atoms with van der Waals surface area (Å²) in [7, 11) is 1.73. The van der Waals surface area contributed by atoms with Crippen molar-refractivity contribution in [1.82, 2.24) is 0 Å². The molecule has 1 unspecified atom stereocenters. The molecule has 9 heteroatoms. The normalized spacial score (nSPS) is 13.2. The summed E-state index contributed by atoms with van der Waals surface area (Å²) in [6.45, 7) is 5.15. The molecule has 0 aliphatic heterocycles. The standard InChI is InChI=1S/C20H17Cl3F3N3/c1-12-8-13(5-7-18(12)29(3)28-11-27-2)4-6-15(20(24,25)26)14-9-16(21)19(23)17(22)10-14/h4-11,15H,2H2,1,3H3/b6-4+,28-11-. The Morgan fingerprint density at radius 2 is 1.72 bits per heavy atom. The van der Waals surface area contributed by atoms with Crippen LogP contribution in [-0.4, -0.2) is 26.3 Å². The molecule has 0 saturated carbocycles. The number of hydrazone groups is 1. The quantitative estimate of drug-likeness (QED) is 0.190. The molecule has 0 aromatic heterocycles. The Balaban J connectivity index is 2.36. The SMILES string of the molecule is C=N/C=N\N(C)c1ccc(/C=C/C(c2cc(Cl)c(Cl)c(Cl)c2)C(F)(F)F)cc1C. The first kappa shape index (κ1) is 23.3. The van der Waals surface area contributed by atoms with E-state index in [-0.39, 0.29) is 20.6 Å². The molecule has 2 aromatic carbocycles. The van der Waals surface area contributed by atoms with Crippen LogP contribution < -0.4 is 5.01 Å². The van der Waals surface area contributed by atoms with Gasteiger partial charge in [-0.15, -0.1) is 0 Å². The van der Waals surface area contributed by atoms with Crippen LogP contribution in [0.15, 0.2) is 46.5 Å². The topological polar surface area (TPSA) is 28.0 Å². The Morgan fingerprint density at radius 1 is 1.10 bits per heavy atom. The molecule has 29 heavy (non-hydrogen) atoms. The Kier molecular flexibility index (Phi) is 7.74. The number of hydrogen-bond acceptors (Lipinski definition) is 2. The molecule has 0 spiro atoms. The highest BCUT2D eigenvalue weighted by atomic mass is 35.5. The summed E-state index contributed by atoms with van der Waals surface area (Å²) in [4.78, 5) is 3.54. The predicted octanol–water partition coefficient (Wildman–Crippen LogP) is 7.39. The van der Waals surface area contributed by atoms with Gasteiger partial charge in [-0.1, -0.05) is 53.0 Å². The van der Waals surface area contributed by atoms with Gasteiger partial charge in [0.1, 0.15) is 6.34 Å². The third-order valence-corrected chi connectivity index (χ3v) is 5.27. The zero-order chi connectivity index (χ0) is 21.8. The number of aryl methyl sites for hydroxylation is 1. The van der Waals surface area contributed by atoms with Gasteiger partial charge in [-0.25, -0.2) is 0 Å². The van der Waals surface area contributed by atoms with Crippen LogP contribution in [0, 0.1) is 6.92 Å². The van der Waals surface area contributed by atoms with Crippen molar-refractivity contribution in [2.45, 2.75) is 19.0 Å². The fourth-order valence-electron chi connectivity index (χ4n) is 2.69. The summed E-state index contributed by atoms with van der Waals surface area (Å²) in [5, 5.41) is 5.60. The lowest BCUT2D eigenvalue weighted by Gasteiger charge is -2.19. The van der Waals surface area contributed by atoms with Gasteiger partial charge < -0.3 is 0 Å². The van der Waals surface area contributed by atoms with Gasteiger partial charge >= 0.3 is 6.18 Å². The summed E-state index contributed by atoms with van der Waals surface area (Å²) in [6.07, 6.45) is -0.768. The molecular weight excluding hydrogens is 446 g/mol. The number of anilines is 1. The summed E-state index contributed by atoms with van der Waals surface area (Å²) < 4.78 is 40.9. The van der Waals surface area contributed by atoms with E-state index in [1.165, 1.54) is 24.5 Å². The molecule has 154 valence electrons. The molecule has 0 saturated heterocycles. The number of aliphatic imine (C=N–C) groups is 1. The van der Waals surface area contributed by atoms with Gasteiger partial charge in [0.15, 0.2) is 0 Å². The molecule has 0 bridgehead atoms. The van der Waals surface area contributed by atoms with Crippen LogP contribution in [0.2, 0.25) is 15.1 Å². The van der Waals surface area contributed by atoms with Crippen molar-refractivity contribution in [1.29, 1.82) is 0 Å². The fourth-order valence-corrected chi connectivity index (χ4v) is 3.31. The highest BCUT2D eigenvalue weighted by Crippen LogP contribution is 2.41. The summed E-state index contributed by atoms with van der Waals surface area (Å²) in [5.74, 6) is -1.89. The molecule has 0 amide bonds. The third kappa shape index (κ3) is 5.98. The van der Waals surface area contributed by atoms with E-state index >= 15 is 0 Å². The zero-order valence-electron chi connectivity index (χ0n) is 15.5. The van der Waals surface area contributed by atoms with Gasteiger partial charge in [-0.3, -0.25) is 10.0 Å². The number of rotatable bonds is 6. The number of alkyl halides is 3. The minimum absolute atomic E-state index is 0.0200. The van der Waals surface area contributed by atoms with E-state index in [0.29, 0.717) is 5.56 Å². The van der Waals surface area contributed by atoms with Crippen LogP contribution in [-0.2, 0) is 0 Å². The van der Waals surface area contributed by atoms with Gasteiger partial charge in [0.2, 0.25) is 0 Å². The second-order valence-corrected chi connectivity index (χ2v) is 7.35. The van der Waals surface area contributed by atoms with Crippen molar-refractivity contribution in [3.63, 3.8) is 0 Å². The Morgan fingerprint density at radius 3 is 2.24 bits per heavy atom. The maximum Gasteiger partial charge on any atom is 0.399 e. The molecule has 2 rings (SSSR count). The number of halogens is 6. The van der Waals surface area contributed by atoms with Crippen LogP contribution in [0.25, 0.3) is 6.08 Å². The molecule has 0 aliphatic rings. The number of allylic oxidation sites excluding steroid dienone is 1. The first-order valence-electron chi connectivity index (χ1n) is 8.26. The van der Waals surface area contributed by atoms with Crippen LogP contribution >= 0.6 is 34.8 Å². The minimum atomic E-state index is -4.53. The minimum Gasteiger partial charge on any atom is -0.267 e. The first-order valence-corrected chi connectivity index (χ1v) is 9.40. The lowest BCUT2D eigenvalue weighted by Crippen LogP contribution is -2.19. The fraction of sp³-hybridized carbons (Fsp3) is 0.200. The molecule has 3 nitrogen and oxygen atoms in total. The van der Waals surface area contributed by atoms with Crippen molar-refractivity contribution in [3.05, 3.63) is 68.2 Å². The Bertz CT molecular complexity index is 933. The van der Waals surface area contributed by atoms with Gasteiger partial charge in [0, 0.05) is 7.05 Å². The second kappa shape index (κ2) is 9.65. The second-order valence-electron chi connectivity index (χ2n) is 6.16. The third-order valence-electron chi connectivity index (χ3n) is 4.08. The van der Waals surface area contributed by atoms with Gasteiger partial charge in [0.05, 0.1) is 26.7 Å². The van der Waals surface area contributed by atoms with Crippen LogP contribution in [0.4, 0.5) is 18.9 Å². The largest absolute Gasteiger partial charge is 0.399 e. The lowest BCUT2D eigenvalue weighted by atomic mass is 9.96. The van der Waals surface area contributed by atoms with Crippen LogP contribution in [0.1, 0.15) is 22.6 Å². The molecule has 1 atom stereocenters. The van der Waals surface area contributed by atoms with E-state index in [9.17, 15) is 13.2 Å². The molecular formula is C20H17Cl3F3N3. The highest BCUT2D eigenvalue weighted by Gasteiger charge is 2.39. The van der Waals surface area contributed by atoms with Gasteiger partial charge in [-0.2, -0.15) is 18.3 Å². The van der Waals surface area contributed by atoms with Crippen LogP contribution in [0.5, 0.6) is 0 Å². The van der Waals surface area contributed by atoms with E-state index in [1.54, 1.807) is 30.3 Å². The molecule has 2 aromatic rings. The first-order chi connectivity index (χ1) is 13.5. The van der Waals surface area contributed by atoms with Crippen molar-refractivity contribution < 1.29 is 13.2 Å². The van der Waals surface area contributed by atoms with Crippen LogP contribution in [0.3, 0.4) is 0 Å². The maximum atomic E-state index is 13.6. The monoisotopic (exact) mass is 461 g/mol. The van der Waals surface area contributed by atoms with E-state index in [0.717, 1.165) is 17.3 Å². The van der Waals surface area contributed by atoms with Crippen molar-refractivity contribution in [3.8, 4) is 0 Å².